The molecule has 0 aliphatic carbocycles. The van der Waals surface area contributed by atoms with Crippen LogP contribution in [-0.2, 0) is 0 Å². The smallest absolute Gasteiger partial charge is 0.0698 e. The van der Waals surface area contributed by atoms with Crippen LogP contribution in [0.25, 0.3) is 0 Å². The van der Waals surface area contributed by atoms with Crippen molar-refractivity contribution in [3.05, 3.63) is 12.3 Å². The minimum absolute atomic E-state index is 1.03. The summed E-state index contributed by atoms with van der Waals surface area (Å²) in [5, 5.41) is 0. The van der Waals surface area contributed by atoms with Crippen LogP contribution in [0.15, 0.2) is 12.3 Å². The summed E-state index contributed by atoms with van der Waals surface area (Å²) in [4.78, 5) is 4.47. The maximum Gasteiger partial charge on any atom is 0.0698 e. The minimum Gasteiger partial charge on any atom is -0.365 e. The molecule has 0 aromatic heterocycles. The van der Waals surface area contributed by atoms with Crippen molar-refractivity contribution in [1.29, 1.82) is 0 Å². The van der Waals surface area contributed by atoms with Gasteiger partial charge in [-0.3, -0.25) is 4.90 Å². The van der Waals surface area contributed by atoms with E-state index in [1.807, 2.05) is 0 Å². The highest BCUT2D eigenvalue weighted by Gasteiger charge is 2.11. The van der Waals surface area contributed by atoms with Crippen molar-refractivity contribution in [2.75, 3.05) is 27.3 Å². The second-order valence-electron chi connectivity index (χ2n) is 2.74. The molecule has 0 aromatic rings. The SMILES string of the molecule is C=C1CCN(C)CN1C. The van der Waals surface area contributed by atoms with Gasteiger partial charge in [0.2, 0.25) is 0 Å². The first-order valence-corrected chi connectivity index (χ1v) is 3.27. The zero-order valence-corrected chi connectivity index (χ0v) is 6.22. The summed E-state index contributed by atoms with van der Waals surface area (Å²) in [6.45, 7) is 6.11. The molecule has 52 valence electrons. The Balaban J connectivity index is 2.44. The lowest BCUT2D eigenvalue weighted by molar-refractivity contribution is 0.173. The molecule has 2 heteroatoms. The van der Waals surface area contributed by atoms with E-state index in [0.717, 1.165) is 19.6 Å². The normalized spacial score (nSPS) is 22.9. The average molecular weight is 126 g/mol. The van der Waals surface area contributed by atoms with Gasteiger partial charge in [0.05, 0.1) is 6.67 Å². The van der Waals surface area contributed by atoms with E-state index in [9.17, 15) is 0 Å². The van der Waals surface area contributed by atoms with Gasteiger partial charge in [-0.2, -0.15) is 0 Å². The van der Waals surface area contributed by atoms with Crippen LogP contribution in [0.5, 0.6) is 0 Å². The third-order valence-electron chi connectivity index (χ3n) is 1.78. The maximum atomic E-state index is 3.93. The van der Waals surface area contributed by atoms with Gasteiger partial charge in [-0.25, -0.2) is 0 Å². The summed E-state index contributed by atoms with van der Waals surface area (Å²) in [5.41, 5.74) is 1.26. The maximum absolute atomic E-state index is 3.93. The number of hydrogen-bond acceptors (Lipinski definition) is 2. The Bertz CT molecular complexity index is 120. The monoisotopic (exact) mass is 126 g/mol. The van der Waals surface area contributed by atoms with Crippen LogP contribution in [0.1, 0.15) is 6.42 Å². The summed E-state index contributed by atoms with van der Waals surface area (Å²) in [6.07, 6.45) is 1.12. The molecule has 1 rings (SSSR count). The fraction of sp³-hybridized carbons (Fsp3) is 0.714. The van der Waals surface area contributed by atoms with Gasteiger partial charge in [-0.1, -0.05) is 6.58 Å². The van der Waals surface area contributed by atoms with Crippen LogP contribution in [0.4, 0.5) is 0 Å². The molecule has 9 heavy (non-hydrogen) atoms. The van der Waals surface area contributed by atoms with Crippen LogP contribution in [-0.4, -0.2) is 37.1 Å². The van der Waals surface area contributed by atoms with Gasteiger partial charge in [-0.05, 0) is 13.5 Å². The fourth-order valence-electron chi connectivity index (χ4n) is 1.04. The van der Waals surface area contributed by atoms with Crippen LogP contribution < -0.4 is 0 Å². The van der Waals surface area contributed by atoms with Crippen molar-refractivity contribution >= 4 is 0 Å². The first-order valence-electron chi connectivity index (χ1n) is 3.27. The van der Waals surface area contributed by atoms with Crippen LogP contribution in [0.3, 0.4) is 0 Å². The largest absolute Gasteiger partial charge is 0.365 e. The van der Waals surface area contributed by atoms with Gasteiger partial charge in [0.25, 0.3) is 0 Å². The van der Waals surface area contributed by atoms with E-state index in [1.165, 1.54) is 5.70 Å². The lowest BCUT2D eigenvalue weighted by atomic mass is 10.2. The topological polar surface area (TPSA) is 6.48 Å². The Labute approximate surface area is 56.8 Å². The Kier molecular flexibility index (Phi) is 1.76. The van der Waals surface area contributed by atoms with Crippen molar-refractivity contribution in [3.63, 3.8) is 0 Å². The first kappa shape index (κ1) is 6.62. The van der Waals surface area contributed by atoms with Crippen molar-refractivity contribution < 1.29 is 0 Å². The molecule has 1 saturated heterocycles. The van der Waals surface area contributed by atoms with Crippen LogP contribution >= 0.6 is 0 Å². The number of hydrogen-bond donors (Lipinski definition) is 0. The molecule has 0 amide bonds. The van der Waals surface area contributed by atoms with Crippen molar-refractivity contribution in [2.24, 2.45) is 0 Å². The van der Waals surface area contributed by atoms with Gasteiger partial charge in [-0.15, -0.1) is 0 Å². The molecule has 1 heterocycles. The van der Waals surface area contributed by atoms with E-state index >= 15 is 0 Å². The molecule has 2 nitrogen and oxygen atoms in total. The highest BCUT2D eigenvalue weighted by atomic mass is 15.3. The molecule has 0 bridgehead atoms. The summed E-state index contributed by atoms with van der Waals surface area (Å²) < 4.78 is 0. The molecular formula is C7H14N2. The summed E-state index contributed by atoms with van der Waals surface area (Å²) in [6, 6.07) is 0. The number of rotatable bonds is 0. The van der Waals surface area contributed by atoms with E-state index in [4.69, 9.17) is 0 Å². The lowest BCUT2D eigenvalue weighted by Gasteiger charge is -2.33. The molecule has 0 unspecified atom stereocenters. The average Bonchev–Trinajstić information content (AvgIpc) is 1.80. The standard InChI is InChI=1S/C7H14N2/c1-7-4-5-8(2)6-9(7)3/h1,4-6H2,2-3H3. The van der Waals surface area contributed by atoms with E-state index in [2.05, 4.69) is 30.5 Å². The zero-order chi connectivity index (χ0) is 6.85. The van der Waals surface area contributed by atoms with Crippen molar-refractivity contribution in [1.82, 2.24) is 9.80 Å². The molecule has 1 fully saturated rings. The molecule has 1 aliphatic heterocycles. The molecule has 0 saturated carbocycles. The fourth-order valence-corrected chi connectivity index (χ4v) is 1.04. The Morgan fingerprint density at radius 1 is 1.44 bits per heavy atom. The lowest BCUT2D eigenvalue weighted by Crippen LogP contribution is -2.38. The van der Waals surface area contributed by atoms with Crippen molar-refractivity contribution in [3.8, 4) is 0 Å². The molecule has 0 N–H and O–H groups in total. The van der Waals surface area contributed by atoms with E-state index < -0.39 is 0 Å². The summed E-state index contributed by atoms with van der Waals surface area (Å²) in [5.74, 6) is 0. The van der Waals surface area contributed by atoms with Crippen LogP contribution in [0.2, 0.25) is 0 Å². The van der Waals surface area contributed by atoms with Gasteiger partial charge < -0.3 is 4.90 Å². The predicted molar refractivity (Wildman–Crippen MR) is 39.0 cm³/mol. The zero-order valence-electron chi connectivity index (χ0n) is 6.22. The molecular weight excluding hydrogens is 112 g/mol. The highest BCUT2D eigenvalue weighted by Crippen LogP contribution is 2.10. The van der Waals surface area contributed by atoms with Gasteiger partial charge >= 0.3 is 0 Å². The third-order valence-corrected chi connectivity index (χ3v) is 1.78. The number of nitrogens with zero attached hydrogens (tertiary/aromatic N) is 2. The highest BCUT2D eigenvalue weighted by molar-refractivity contribution is 4.95. The minimum atomic E-state index is 1.03. The van der Waals surface area contributed by atoms with E-state index in [1.54, 1.807) is 0 Å². The molecule has 0 spiro atoms. The van der Waals surface area contributed by atoms with E-state index in [-0.39, 0.29) is 0 Å². The summed E-state index contributed by atoms with van der Waals surface area (Å²) >= 11 is 0. The van der Waals surface area contributed by atoms with Gasteiger partial charge in [0.1, 0.15) is 0 Å². The van der Waals surface area contributed by atoms with Gasteiger partial charge in [0, 0.05) is 19.3 Å². The Hall–Kier alpha value is -0.500. The first-order chi connectivity index (χ1) is 4.20. The quantitative estimate of drug-likeness (QED) is 0.472. The third kappa shape index (κ3) is 1.45. The Morgan fingerprint density at radius 2 is 2.11 bits per heavy atom. The summed E-state index contributed by atoms with van der Waals surface area (Å²) in [7, 11) is 4.21. The van der Waals surface area contributed by atoms with E-state index in [0.29, 0.717) is 0 Å². The molecule has 0 radical (unpaired) electrons. The second kappa shape index (κ2) is 2.40. The molecule has 0 atom stereocenters. The Morgan fingerprint density at radius 3 is 2.56 bits per heavy atom. The van der Waals surface area contributed by atoms with Gasteiger partial charge in [0.15, 0.2) is 0 Å². The van der Waals surface area contributed by atoms with Crippen molar-refractivity contribution in [2.45, 2.75) is 6.42 Å². The molecule has 1 aliphatic rings. The molecule has 0 aromatic carbocycles. The second-order valence-corrected chi connectivity index (χ2v) is 2.74. The van der Waals surface area contributed by atoms with Crippen LogP contribution in [0, 0.1) is 0 Å². The predicted octanol–water partition coefficient (Wildman–Crippen LogP) is 0.725.